The van der Waals surface area contributed by atoms with Gasteiger partial charge in [-0.3, -0.25) is 0 Å². The second-order valence-corrected chi connectivity index (χ2v) is 6.07. The van der Waals surface area contributed by atoms with Gasteiger partial charge in [0.1, 0.15) is 0 Å². The predicted octanol–water partition coefficient (Wildman–Crippen LogP) is 3.98. The van der Waals surface area contributed by atoms with E-state index in [2.05, 4.69) is 52.2 Å². The summed E-state index contributed by atoms with van der Waals surface area (Å²) in [6.45, 7) is 4.86. The molecule has 1 heterocycles. The third-order valence-electron chi connectivity index (χ3n) is 3.93. The number of para-hydroxylation sites is 1. The van der Waals surface area contributed by atoms with Gasteiger partial charge in [-0.25, -0.2) is 9.78 Å². The van der Waals surface area contributed by atoms with Crippen molar-refractivity contribution in [1.29, 1.82) is 0 Å². The Morgan fingerprint density at radius 2 is 1.96 bits per heavy atom. The minimum absolute atomic E-state index is 0.189. The molecule has 1 aromatic heterocycles. The molecular formula is C19H22N4O. The highest BCUT2D eigenvalue weighted by atomic mass is 16.2. The Kier molecular flexibility index (Phi) is 4.79. The average Bonchev–Trinajstić information content (AvgIpc) is 2.99. The van der Waals surface area contributed by atoms with E-state index in [-0.39, 0.29) is 6.03 Å². The minimum Gasteiger partial charge on any atom is -0.338 e. The molecule has 0 saturated heterocycles. The summed E-state index contributed by atoms with van der Waals surface area (Å²) in [5.74, 6) is 0. The van der Waals surface area contributed by atoms with E-state index in [1.165, 1.54) is 0 Å². The third kappa shape index (κ3) is 3.74. The number of hydrogen-bond acceptors (Lipinski definition) is 2. The number of imidazole rings is 1. The highest BCUT2D eigenvalue weighted by molar-refractivity contribution is 5.89. The van der Waals surface area contributed by atoms with E-state index >= 15 is 0 Å². The molecule has 0 unspecified atom stereocenters. The lowest BCUT2D eigenvalue weighted by Gasteiger charge is -2.09. The molecule has 0 aliphatic rings. The van der Waals surface area contributed by atoms with Crippen LogP contribution in [0.25, 0.3) is 11.0 Å². The van der Waals surface area contributed by atoms with Crippen LogP contribution >= 0.6 is 0 Å². The molecule has 0 bridgehead atoms. The fraction of sp³-hybridized carbons (Fsp3) is 0.263. The molecule has 0 atom stereocenters. The number of aromatic nitrogens is 2. The number of carbonyl (C=O) groups excluding carboxylic acids is 1. The average molecular weight is 322 g/mol. The standard InChI is InChI=1S/C19H22N4O/c1-14(2)23-13-21-17-12-15(8-9-18(17)23)10-11-20-19(24)22-16-6-4-3-5-7-16/h3-9,12-14H,10-11H2,1-2H3,(H2,20,22,24). The summed E-state index contributed by atoms with van der Waals surface area (Å²) >= 11 is 0. The van der Waals surface area contributed by atoms with E-state index in [1.54, 1.807) is 0 Å². The monoisotopic (exact) mass is 322 g/mol. The van der Waals surface area contributed by atoms with Gasteiger partial charge in [-0.15, -0.1) is 0 Å². The summed E-state index contributed by atoms with van der Waals surface area (Å²) in [4.78, 5) is 16.3. The van der Waals surface area contributed by atoms with Crippen LogP contribution in [0.3, 0.4) is 0 Å². The van der Waals surface area contributed by atoms with Crippen LogP contribution in [0, 0.1) is 0 Å². The van der Waals surface area contributed by atoms with E-state index in [4.69, 9.17) is 0 Å². The van der Waals surface area contributed by atoms with Crippen molar-refractivity contribution < 1.29 is 4.79 Å². The molecule has 2 amide bonds. The number of amides is 2. The SMILES string of the molecule is CC(C)n1cnc2cc(CCNC(=O)Nc3ccccc3)ccc21. The van der Waals surface area contributed by atoms with Gasteiger partial charge in [-0.2, -0.15) is 0 Å². The topological polar surface area (TPSA) is 59.0 Å². The van der Waals surface area contributed by atoms with Gasteiger partial charge in [0.25, 0.3) is 0 Å². The first-order valence-electron chi connectivity index (χ1n) is 8.19. The van der Waals surface area contributed by atoms with E-state index in [0.29, 0.717) is 12.6 Å². The Labute approximate surface area is 141 Å². The van der Waals surface area contributed by atoms with Gasteiger partial charge in [0.15, 0.2) is 0 Å². The zero-order chi connectivity index (χ0) is 16.9. The first kappa shape index (κ1) is 16.1. The zero-order valence-electron chi connectivity index (χ0n) is 14.0. The molecule has 0 fully saturated rings. The number of hydrogen-bond donors (Lipinski definition) is 2. The zero-order valence-corrected chi connectivity index (χ0v) is 14.0. The number of fused-ring (bicyclic) bond motifs is 1. The first-order chi connectivity index (χ1) is 11.6. The molecule has 124 valence electrons. The van der Waals surface area contributed by atoms with Crippen LogP contribution in [0.5, 0.6) is 0 Å². The number of carbonyl (C=O) groups is 1. The molecule has 0 spiro atoms. The summed E-state index contributed by atoms with van der Waals surface area (Å²) in [5.41, 5.74) is 4.09. The number of benzene rings is 2. The summed E-state index contributed by atoms with van der Waals surface area (Å²) < 4.78 is 2.16. The van der Waals surface area contributed by atoms with Crippen LogP contribution in [0.2, 0.25) is 0 Å². The van der Waals surface area contributed by atoms with Crippen molar-refractivity contribution in [3.63, 3.8) is 0 Å². The molecule has 0 aliphatic carbocycles. The highest BCUT2D eigenvalue weighted by Crippen LogP contribution is 2.18. The fourth-order valence-corrected chi connectivity index (χ4v) is 2.66. The summed E-state index contributed by atoms with van der Waals surface area (Å²) in [6, 6.07) is 15.9. The van der Waals surface area contributed by atoms with Crippen molar-refractivity contribution in [3.8, 4) is 0 Å². The maximum atomic E-state index is 11.9. The van der Waals surface area contributed by atoms with E-state index in [9.17, 15) is 4.79 Å². The van der Waals surface area contributed by atoms with Crippen molar-refractivity contribution in [3.05, 3.63) is 60.4 Å². The molecule has 5 heteroatoms. The van der Waals surface area contributed by atoms with Crippen molar-refractivity contribution in [2.45, 2.75) is 26.3 Å². The van der Waals surface area contributed by atoms with Crippen molar-refractivity contribution in [2.75, 3.05) is 11.9 Å². The van der Waals surface area contributed by atoms with Gasteiger partial charge < -0.3 is 15.2 Å². The van der Waals surface area contributed by atoms with Gasteiger partial charge in [0.05, 0.1) is 17.4 Å². The van der Waals surface area contributed by atoms with Crippen molar-refractivity contribution in [1.82, 2.24) is 14.9 Å². The number of anilines is 1. The number of rotatable bonds is 5. The largest absolute Gasteiger partial charge is 0.338 e. The number of urea groups is 1. The number of nitrogens with one attached hydrogen (secondary N) is 2. The smallest absolute Gasteiger partial charge is 0.319 e. The van der Waals surface area contributed by atoms with Crippen LogP contribution in [0.15, 0.2) is 54.9 Å². The van der Waals surface area contributed by atoms with Gasteiger partial charge in [0.2, 0.25) is 0 Å². The van der Waals surface area contributed by atoms with E-state index in [0.717, 1.165) is 28.7 Å². The van der Waals surface area contributed by atoms with Crippen LogP contribution < -0.4 is 10.6 Å². The Morgan fingerprint density at radius 3 is 2.71 bits per heavy atom. The number of nitrogens with zero attached hydrogens (tertiary/aromatic N) is 2. The third-order valence-corrected chi connectivity index (χ3v) is 3.93. The second-order valence-electron chi connectivity index (χ2n) is 6.07. The maximum absolute atomic E-state index is 11.9. The lowest BCUT2D eigenvalue weighted by Crippen LogP contribution is -2.30. The summed E-state index contributed by atoms with van der Waals surface area (Å²) in [7, 11) is 0. The molecule has 24 heavy (non-hydrogen) atoms. The summed E-state index contributed by atoms with van der Waals surface area (Å²) in [5, 5.41) is 5.68. The first-order valence-corrected chi connectivity index (χ1v) is 8.19. The Bertz CT molecular complexity index is 824. The fourth-order valence-electron chi connectivity index (χ4n) is 2.66. The molecule has 0 saturated carbocycles. The molecule has 0 aliphatic heterocycles. The molecule has 5 nitrogen and oxygen atoms in total. The van der Waals surface area contributed by atoms with E-state index in [1.807, 2.05) is 36.7 Å². The van der Waals surface area contributed by atoms with Gasteiger partial charge >= 0.3 is 6.03 Å². The predicted molar refractivity (Wildman–Crippen MR) is 97.3 cm³/mol. The van der Waals surface area contributed by atoms with Crippen LogP contribution in [0.4, 0.5) is 10.5 Å². The Morgan fingerprint density at radius 1 is 1.17 bits per heavy atom. The van der Waals surface area contributed by atoms with Crippen LogP contribution in [-0.4, -0.2) is 22.1 Å². The quantitative estimate of drug-likeness (QED) is 0.746. The van der Waals surface area contributed by atoms with E-state index < -0.39 is 0 Å². The normalized spacial score (nSPS) is 11.0. The molecule has 2 aromatic carbocycles. The highest BCUT2D eigenvalue weighted by Gasteiger charge is 2.06. The Balaban J connectivity index is 1.55. The van der Waals surface area contributed by atoms with Gasteiger partial charge in [-0.05, 0) is 50.1 Å². The molecule has 0 radical (unpaired) electrons. The summed E-state index contributed by atoms with van der Waals surface area (Å²) in [6.07, 6.45) is 2.65. The van der Waals surface area contributed by atoms with Crippen LogP contribution in [0.1, 0.15) is 25.5 Å². The molecule has 3 aromatic rings. The van der Waals surface area contributed by atoms with Crippen molar-refractivity contribution in [2.24, 2.45) is 0 Å². The minimum atomic E-state index is -0.189. The lowest BCUT2D eigenvalue weighted by molar-refractivity contribution is 0.252. The van der Waals surface area contributed by atoms with Gasteiger partial charge in [0, 0.05) is 18.3 Å². The molecule has 2 N–H and O–H groups in total. The Hall–Kier alpha value is -2.82. The van der Waals surface area contributed by atoms with Crippen LogP contribution in [-0.2, 0) is 6.42 Å². The van der Waals surface area contributed by atoms with Crippen molar-refractivity contribution >= 4 is 22.8 Å². The maximum Gasteiger partial charge on any atom is 0.319 e. The van der Waals surface area contributed by atoms with Gasteiger partial charge in [-0.1, -0.05) is 24.3 Å². The molecular weight excluding hydrogens is 300 g/mol. The molecule has 3 rings (SSSR count). The lowest BCUT2D eigenvalue weighted by atomic mass is 10.1. The second kappa shape index (κ2) is 7.17.